The second kappa shape index (κ2) is 7.50. The Bertz CT molecular complexity index is 1190. The van der Waals surface area contributed by atoms with E-state index in [1.54, 1.807) is 22.8 Å². The fourth-order valence-corrected chi connectivity index (χ4v) is 4.55. The topological polar surface area (TPSA) is 75.0 Å². The minimum Gasteiger partial charge on any atom is -0.502 e. The van der Waals surface area contributed by atoms with Crippen LogP contribution in [-0.4, -0.2) is 40.4 Å². The number of aromatic hydroxyl groups is 1. The van der Waals surface area contributed by atoms with Crippen LogP contribution in [0.15, 0.2) is 71.7 Å². The summed E-state index contributed by atoms with van der Waals surface area (Å²) in [6, 6.07) is 18.9. The highest BCUT2D eigenvalue weighted by molar-refractivity contribution is 5.96. The molecular formula is C24H23N3O4. The molecule has 0 saturated carbocycles. The Morgan fingerprint density at radius 1 is 1.00 bits per heavy atom. The molecule has 3 heterocycles. The van der Waals surface area contributed by atoms with Crippen molar-refractivity contribution in [1.29, 1.82) is 0 Å². The summed E-state index contributed by atoms with van der Waals surface area (Å²) < 4.78 is 7.76. The molecule has 31 heavy (non-hydrogen) atoms. The van der Waals surface area contributed by atoms with Crippen molar-refractivity contribution in [3.05, 3.63) is 93.9 Å². The summed E-state index contributed by atoms with van der Waals surface area (Å²) in [6.07, 6.45) is 2.70. The van der Waals surface area contributed by atoms with E-state index < -0.39 is 11.2 Å². The SMILES string of the molecule is CN1C(=O)c2c(O)c(=O)ccn2N2[C@@H](c3ccccc3)c3ccccc3OCCC[C@H]12. The van der Waals surface area contributed by atoms with Crippen molar-refractivity contribution in [3.8, 4) is 11.5 Å². The van der Waals surface area contributed by atoms with Crippen molar-refractivity contribution < 1.29 is 14.6 Å². The molecule has 2 aliphatic heterocycles. The molecule has 7 nitrogen and oxygen atoms in total. The van der Waals surface area contributed by atoms with Gasteiger partial charge in [-0.15, -0.1) is 0 Å². The minimum atomic E-state index is -0.573. The maximum atomic E-state index is 13.2. The van der Waals surface area contributed by atoms with Gasteiger partial charge in [-0.3, -0.25) is 19.3 Å². The smallest absolute Gasteiger partial charge is 0.277 e. The zero-order valence-corrected chi connectivity index (χ0v) is 17.1. The van der Waals surface area contributed by atoms with E-state index in [-0.39, 0.29) is 23.8 Å². The molecule has 5 rings (SSSR count). The molecule has 2 aliphatic rings. The number of fused-ring (bicyclic) bond motifs is 4. The fourth-order valence-electron chi connectivity index (χ4n) is 4.55. The van der Waals surface area contributed by atoms with E-state index in [0.29, 0.717) is 13.0 Å². The summed E-state index contributed by atoms with van der Waals surface area (Å²) in [6.45, 7) is 0.535. The number of aromatic nitrogens is 1. The first-order chi connectivity index (χ1) is 15.1. The van der Waals surface area contributed by atoms with Crippen LogP contribution in [-0.2, 0) is 0 Å². The molecule has 2 atom stereocenters. The lowest BCUT2D eigenvalue weighted by molar-refractivity contribution is 0.0601. The van der Waals surface area contributed by atoms with Gasteiger partial charge in [-0.2, -0.15) is 0 Å². The predicted octanol–water partition coefficient (Wildman–Crippen LogP) is 2.87. The lowest BCUT2D eigenvalue weighted by Gasteiger charge is -2.48. The Labute approximate surface area is 179 Å². The molecule has 158 valence electrons. The number of pyridine rings is 1. The van der Waals surface area contributed by atoms with E-state index in [4.69, 9.17) is 4.74 Å². The Balaban J connectivity index is 1.83. The number of carbonyl (C=O) groups excluding carboxylic acids is 1. The van der Waals surface area contributed by atoms with Gasteiger partial charge in [0.15, 0.2) is 11.4 Å². The van der Waals surface area contributed by atoms with Crippen LogP contribution in [0, 0.1) is 0 Å². The van der Waals surface area contributed by atoms with Gasteiger partial charge in [0.05, 0.1) is 6.61 Å². The summed E-state index contributed by atoms with van der Waals surface area (Å²) in [7, 11) is 1.72. The van der Waals surface area contributed by atoms with Gasteiger partial charge in [0.25, 0.3) is 5.91 Å². The van der Waals surface area contributed by atoms with Crippen LogP contribution in [0.2, 0.25) is 0 Å². The van der Waals surface area contributed by atoms with Crippen molar-refractivity contribution in [2.24, 2.45) is 0 Å². The van der Waals surface area contributed by atoms with E-state index in [2.05, 4.69) is 5.01 Å². The van der Waals surface area contributed by atoms with Crippen molar-refractivity contribution >= 4 is 5.91 Å². The quantitative estimate of drug-likeness (QED) is 0.659. The first kappa shape index (κ1) is 19.2. The molecular weight excluding hydrogens is 394 g/mol. The number of amides is 1. The van der Waals surface area contributed by atoms with Crippen LogP contribution in [0.5, 0.6) is 11.5 Å². The maximum Gasteiger partial charge on any atom is 0.277 e. The van der Waals surface area contributed by atoms with E-state index in [0.717, 1.165) is 23.3 Å². The fraction of sp³-hybridized carbons (Fsp3) is 0.250. The first-order valence-corrected chi connectivity index (χ1v) is 10.3. The number of para-hydroxylation sites is 1. The normalized spacial score (nSPS) is 20.5. The molecule has 7 heteroatoms. The van der Waals surface area contributed by atoms with Crippen LogP contribution in [0.3, 0.4) is 0 Å². The summed E-state index contributed by atoms with van der Waals surface area (Å²) in [5.74, 6) is -0.130. The van der Waals surface area contributed by atoms with Crippen LogP contribution >= 0.6 is 0 Å². The molecule has 0 spiro atoms. The number of carbonyl (C=O) groups is 1. The van der Waals surface area contributed by atoms with Gasteiger partial charge < -0.3 is 14.7 Å². The van der Waals surface area contributed by atoms with Gasteiger partial charge in [-0.1, -0.05) is 48.5 Å². The zero-order valence-electron chi connectivity index (χ0n) is 17.1. The molecule has 1 aromatic heterocycles. The summed E-state index contributed by atoms with van der Waals surface area (Å²) in [5, 5.41) is 12.6. The van der Waals surface area contributed by atoms with E-state index in [9.17, 15) is 14.7 Å². The molecule has 1 N–H and O–H groups in total. The van der Waals surface area contributed by atoms with Crippen molar-refractivity contribution in [2.75, 3.05) is 18.7 Å². The Morgan fingerprint density at radius 3 is 2.55 bits per heavy atom. The molecule has 2 aromatic carbocycles. The molecule has 1 amide bonds. The largest absolute Gasteiger partial charge is 0.502 e. The summed E-state index contributed by atoms with van der Waals surface area (Å²) in [5.41, 5.74) is 1.37. The average Bonchev–Trinajstić information content (AvgIpc) is 2.87. The van der Waals surface area contributed by atoms with E-state index in [1.165, 1.54) is 6.07 Å². The highest BCUT2D eigenvalue weighted by Crippen LogP contribution is 2.39. The van der Waals surface area contributed by atoms with Crippen molar-refractivity contribution in [2.45, 2.75) is 25.0 Å². The molecule has 0 bridgehead atoms. The first-order valence-electron chi connectivity index (χ1n) is 10.3. The van der Waals surface area contributed by atoms with Crippen LogP contribution in [0.4, 0.5) is 0 Å². The van der Waals surface area contributed by atoms with Crippen LogP contribution in [0.1, 0.15) is 40.5 Å². The van der Waals surface area contributed by atoms with Gasteiger partial charge in [-0.05, 0) is 24.5 Å². The third kappa shape index (κ3) is 3.04. The minimum absolute atomic E-state index is 0.0233. The van der Waals surface area contributed by atoms with E-state index in [1.807, 2.05) is 54.6 Å². The van der Waals surface area contributed by atoms with E-state index >= 15 is 0 Å². The lowest BCUT2D eigenvalue weighted by Crippen LogP contribution is -2.61. The number of benzene rings is 2. The van der Waals surface area contributed by atoms with Crippen LogP contribution < -0.4 is 15.2 Å². The molecule has 0 unspecified atom stereocenters. The zero-order chi connectivity index (χ0) is 21.5. The van der Waals surface area contributed by atoms with Gasteiger partial charge in [-0.25, -0.2) is 0 Å². The van der Waals surface area contributed by atoms with Gasteiger partial charge in [0.2, 0.25) is 5.43 Å². The summed E-state index contributed by atoms with van der Waals surface area (Å²) in [4.78, 5) is 26.9. The average molecular weight is 417 g/mol. The third-order valence-electron chi connectivity index (χ3n) is 6.04. The Morgan fingerprint density at radius 2 is 1.74 bits per heavy atom. The Kier molecular flexibility index (Phi) is 4.66. The van der Waals surface area contributed by atoms with Gasteiger partial charge in [0, 0.05) is 24.9 Å². The number of rotatable bonds is 1. The predicted molar refractivity (Wildman–Crippen MR) is 116 cm³/mol. The molecule has 3 aromatic rings. The van der Waals surface area contributed by atoms with Crippen LogP contribution in [0.25, 0.3) is 0 Å². The number of hydrogen-bond acceptors (Lipinski definition) is 5. The lowest BCUT2D eigenvalue weighted by atomic mass is 9.96. The second-order valence-electron chi connectivity index (χ2n) is 7.84. The Hall–Kier alpha value is -3.74. The number of ether oxygens (including phenoxy) is 1. The van der Waals surface area contributed by atoms with Gasteiger partial charge in [0.1, 0.15) is 18.0 Å². The molecule has 0 saturated heterocycles. The standard InChI is InChI=1S/C24H23N3O4/c1-25-20-12-7-15-31-19-11-6-5-10-17(19)21(16-8-3-2-4-9-16)27(20)26-14-13-18(28)23(29)22(26)24(25)30/h2-6,8-11,13-14,20-21,29H,7,12,15H2,1H3/t20-,21+/m1/s1. The van der Waals surface area contributed by atoms with Gasteiger partial charge >= 0.3 is 0 Å². The maximum absolute atomic E-state index is 13.2. The highest BCUT2D eigenvalue weighted by Gasteiger charge is 2.42. The molecule has 0 fully saturated rings. The molecule has 0 aliphatic carbocycles. The van der Waals surface area contributed by atoms with Crippen molar-refractivity contribution in [1.82, 2.24) is 9.58 Å². The second-order valence-corrected chi connectivity index (χ2v) is 7.84. The third-order valence-corrected chi connectivity index (χ3v) is 6.04. The highest BCUT2D eigenvalue weighted by atomic mass is 16.5. The molecule has 0 radical (unpaired) electrons. The van der Waals surface area contributed by atoms with Crippen molar-refractivity contribution in [3.63, 3.8) is 0 Å². The summed E-state index contributed by atoms with van der Waals surface area (Å²) >= 11 is 0. The number of hydrogen-bond donors (Lipinski definition) is 1. The number of nitrogens with zero attached hydrogens (tertiary/aromatic N) is 3. The monoisotopic (exact) mass is 417 g/mol.